The van der Waals surface area contributed by atoms with Gasteiger partial charge >= 0.3 is 0 Å². The molecule has 0 atom stereocenters. The highest BCUT2D eigenvalue weighted by Gasteiger charge is 2.21. The van der Waals surface area contributed by atoms with Crippen LogP contribution in [-0.2, 0) is 13.1 Å². The summed E-state index contributed by atoms with van der Waals surface area (Å²) in [5.41, 5.74) is 2.01. The third-order valence-electron chi connectivity index (χ3n) is 3.67. The number of nitrogens with one attached hydrogen (secondary N) is 1. The summed E-state index contributed by atoms with van der Waals surface area (Å²) in [4.78, 5) is 12.4. The van der Waals surface area contributed by atoms with Crippen LogP contribution in [0.15, 0.2) is 54.6 Å². The van der Waals surface area contributed by atoms with Crippen LogP contribution in [0.4, 0.5) is 0 Å². The number of aromatic nitrogens is 3. The van der Waals surface area contributed by atoms with E-state index in [9.17, 15) is 4.79 Å². The third-order valence-corrected chi connectivity index (χ3v) is 4.04. The second-order valence-electron chi connectivity index (χ2n) is 5.36. The number of ether oxygens (including phenoxy) is 1. The Morgan fingerprint density at radius 1 is 1.16 bits per heavy atom. The van der Waals surface area contributed by atoms with Gasteiger partial charge < -0.3 is 10.1 Å². The number of carbonyl (C=O) groups is 1. The van der Waals surface area contributed by atoms with Crippen LogP contribution in [0.3, 0.4) is 0 Å². The summed E-state index contributed by atoms with van der Waals surface area (Å²) < 4.78 is 6.85. The Labute approximate surface area is 150 Å². The maximum absolute atomic E-state index is 12.4. The van der Waals surface area contributed by atoms with Gasteiger partial charge in [0.2, 0.25) is 11.6 Å². The van der Waals surface area contributed by atoms with E-state index >= 15 is 0 Å². The number of halogens is 1. The summed E-state index contributed by atoms with van der Waals surface area (Å²) >= 11 is 6.17. The molecule has 3 aromatic rings. The van der Waals surface area contributed by atoms with Crippen LogP contribution in [-0.4, -0.2) is 28.0 Å². The van der Waals surface area contributed by atoms with E-state index in [0.29, 0.717) is 24.0 Å². The molecule has 0 aliphatic rings. The van der Waals surface area contributed by atoms with Crippen LogP contribution in [0.1, 0.15) is 21.6 Å². The molecule has 0 fully saturated rings. The third kappa shape index (κ3) is 3.97. The normalized spacial score (nSPS) is 10.5. The summed E-state index contributed by atoms with van der Waals surface area (Å²) in [6.45, 7) is 0.766. The first-order valence-corrected chi connectivity index (χ1v) is 8.10. The maximum atomic E-state index is 12.4. The van der Waals surface area contributed by atoms with Gasteiger partial charge in [-0.15, -0.1) is 5.10 Å². The molecule has 0 spiro atoms. The number of benzene rings is 2. The topological polar surface area (TPSA) is 69.0 Å². The summed E-state index contributed by atoms with van der Waals surface area (Å²) in [5.74, 6) is -0.0448. The average Bonchev–Trinajstić information content (AvgIpc) is 3.05. The molecule has 1 heterocycles. The molecule has 1 N–H and O–H groups in total. The minimum Gasteiger partial charge on any atom is -0.479 e. The molecule has 0 saturated heterocycles. The number of amides is 1. The van der Waals surface area contributed by atoms with Crippen LogP contribution in [0.25, 0.3) is 0 Å². The zero-order valence-electron chi connectivity index (χ0n) is 13.6. The van der Waals surface area contributed by atoms with Crippen LogP contribution in [0, 0.1) is 0 Å². The molecule has 2 aromatic carbocycles. The number of nitrogens with zero attached hydrogens (tertiary/aromatic N) is 3. The number of rotatable bonds is 6. The van der Waals surface area contributed by atoms with E-state index in [-0.39, 0.29) is 11.6 Å². The smallest absolute Gasteiger partial charge is 0.277 e. The highest BCUT2D eigenvalue weighted by atomic mass is 35.5. The van der Waals surface area contributed by atoms with Gasteiger partial charge in [0.25, 0.3) is 5.91 Å². The molecule has 128 valence electrons. The quantitative estimate of drug-likeness (QED) is 0.737. The molecule has 0 saturated carbocycles. The van der Waals surface area contributed by atoms with Crippen molar-refractivity contribution in [2.75, 3.05) is 7.11 Å². The van der Waals surface area contributed by atoms with Gasteiger partial charge in [0.05, 0.1) is 13.7 Å². The van der Waals surface area contributed by atoms with E-state index in [2.05, 4.69) is 15.6 Å². The molecule has 0 unspecified atom stereocenters. The van der Waals surface area contributed by atoms with Gasteiger partial charge in [0.15, 0.2) is 0 Å². The Morgan fingerprint density at radius 3 is 2.60 bits per heavy atom. The Bertz CT molecular complexity index is 865. The van der Waals surface area contributed by atoms with Crippen LogP contribution in [0.2, 0.25) is 5.02 Å². The fraction of sp³-hybridized carbons (Fsp3) is 0.167. The average molecular weight is 357 g/mol. The Balaban J connectivity index is 1.75. The van der Waals surface area contributed by atoms with E-state index in [1.165, 1.54) is 11.8 Å². The Morgan fingerprint density at radius 2 is 1.88 bits per heavy atom. The summed E-state index contributed by atoms with van der Waals surface area (Å²) in [7, 11) is 1.48. The van der Waals surface area contributed by atoms with Crippen molar-refractivity contribution in [3.8, 4) is 5.88 Å². The molecule has 0 bridgehead atoms. The summed E-state index contributed by atoms with van der Waals surface area (Å²) in [5, 5.41) is 11.4. The first kappa shape index (κ1) is 17.0. The van der Waals surface area contributed by atoms with Crippen LogP contribution in [0.5, 0.6) is 5.88 Å². The number of hydrogen-bond acceptors (Lipinski definition) is 4. The number of methoxy groups -OCH3 is 1. The van der Waals surface area contributed by atoms with E-state index < -0.39 is 0 Å². The van der Waals surface area contributed by atoms with E-state index in [4.69, 9.17) is 16.3 Å². The van der Waals surface area contributed by atoms with E-state index in [1.54, 1.807) is 6.07 Å². The van der Waals surface area contributed by atoms with Crippen molar-refractivity contribution in [3.63, 3.8) is 0 Å². The van der Waals surface area contributed by atoms with Crippen LogP contribution < -0.4 is 10.1 Å². The Hall–Kier alpha value is -2.86. The lowest BCUT2D eigenvalue weighted by Crippen LogP contribution is -2.23. The SMILES string of the molecule is COc1c(C(=O)NCc2ccccc2)nnn1Cc1ccccc1Cl. The molecule has 0 aliphatic carbocycles. The van der Waals surface area contributed by atoms with Crippen molar-refractivity contribution >= 4 is 17.5 Å². The molecule has 1 aromatic heterocycles. The van der Waals surface area contributed by atoms with Gasteiger partial charge in [-0.3, -0.25) is 4.79 Å². The maximum Gasteiger partial charge on any atom is 0.277 e. The number of hydrogen-bond donors (Lipinski definition) is 1. The molecule has 1 amide bonds. The second-order valence-corrected chi connectivity index (χ2v) is 5.77. The molecule has 6 nitrogen and oxygen atoms in total. The first-order valence-electron chi connectivity index (χ1n) is 7.72. The molecule has 0 radical (unpaired) electrons. The highest BCUT2D eigenvalue weighted by molar-refractivity contribution is 6.31. The predicted molar refractivity (Wildman–Crippen MR) is 94.7 cm³/mol. The molecule has 25 heavy (non-hydrogen) atoms. The lowest BCUT2D eigenvalue weighted by molar-refractivity contribution is 0.0942. The fourth-order valence-electron chi connectivity index (χ4n) is 2.40. The standard InChI is InChI=1S/C18H17ClN4O2/c1-25-18-16(17(24)20-11-13-7-3-2-4-8-13)21-22-23(18)12-14-9-5-6-10-15(14)19/h2-10H,11-12H2,1H3,(H,20,24). The molecular weight excluding hydrogens is 340 g/mol. The van der Waals surface area contributed by atoms with Crippen molar-refractivity contribution in [1.29, 1.82) is 0 Å². The van der Waals surface area contributed by atoms with Crippen molar-refractivity contribution in [2.45, 2.75) is 13.1 Å². The van der Waals surface area contributed by atoms with Gasteiger partial charge in [-0.25, -0.2) is 4.68 Å². The summed E-state index contributed by atoms with van der Waals surface area (Å²) in [6.07, 6.45) is 0. The molecule has 3 rings (SSSR count). The number of carbonyl (C=O) groups excluding carboxylic acids is 1. The van der Waals surface area contributed by atoms with E-state index in [0.717, 1.165) is 11.1 Å². The minimum atomic E-state index is -0.342. The van der Waals surface area contributed by atoms with Gasteiger partial charge in [0, 0.05) is 11.6 Å². The highest BCUT2D eigenvalue weighted by Crippen LogP contribution is 2.21. The van der Waals surface area contributed by atoms with Crippen molar-refractivity contribution in [2.24, 2.45) is 0 Å². The Kier molecular flexibility index (Phi) is 5.30. The van der Waals surface area contributed by atoms with Crippen LogP contribution >= 0.6 is 11.6 Å². The lowest BCUT2D eigenvalue weighted by atomic mass is 10.2. The first-order chi connectivity index (χ1) is 12.2. The van der Waals surface area contributed by atoms with Crippen molar-refractivity contribution < 1.29 is 9.53 Å². The van der Waals surface area contributed by atoms with Crippen molar-refractivity contribution in [3.05, 3.63) is 76.4 Å². The lowest BCUT2D eigenvalue weighted by Gasteiger charge is -2.08. The van der Waals surface area contributed by atoms with Gasteiger partial charge in [0.1, 0.15) is 0 Å². The molecule has 0 aliphatic heterocycles. The zero-order chi connectivity index (χ0) is 17.6. The molecular formula is C18H17ClN4O2. The van der Waals surface area contributed by atoms with Gasteiger partial charge in [-0.1, -0.05) is 65.3 Å². The van der Waals surface area contributed by atoms with E-state index in [1.807, 2.05) is 48.5 Å². The van der Waals surface area contributed by atoms with Crippen molar-refractivity contribution in [1.82, 2.24) is 20.3 Å². The minimum absolute atomic E-state index is 0.144. The predicted octanol–water partition coefficient (Wildman–Crippen LogP) is 2.92. The second kappa shape index (κ2) is 7.81. The summed E-state index contributed by atoms with van der Waals surface area (Å²) in [6, 6.07) is 17.1. The van der Waals surface area contributed by atoms with Gasteiger partial charge in [-0.2, -0.15) is 0 Å². The van der Waals surface area contributed by atoms with Gasteiger partial charge in [-0.05, 0) is 17.2 Å². The molecule has 7 heteroatoms. The monoisotopic (exact) mass is 356 g/mol. The zero-order valence-corrected chi connectivity index (χ0v) is 14.4. The largest absolute Gasteiger partial charge is 0.479 e. The fourth-order valence-corrected chi connectivity index (χ4v) is 2.60.